The predicted molar refractivity (Wildman–Crippen MR) is 116 cm³/mol. The Bertz CT molecular complexity index is 1490. The highest BCUT2D eigenvalue weighted by Crippen LogP contribution is 2.30. The van der Waals surface area contributed by atoms with Crippen LogP contribution in [0.4, 0.5) is 4.39 Å². The van der Waals surface area contributed by atoms with E-state index in [0.717, 1.165) is 16.3 Å². The summed E-state index contributed by atoms with van der Waals surface area (Å²) in [6.45, 7) is 1.95. The Morgan fingerprint density at radius 1 is 1.00 bits per heavy atom. The zero-order valence-corrected chi connectivity index (χ0v) is 16.6. The number of hydrogen-bond acceptors (Lipinski definition) is 4. The van der Waals surface area contributed by atoms with Gasteiger partial charge in [0, 0.05) is 22.5 Å². The van der Waals surface area contributed by atoms with Gasteiger partial charge in [-0.15, -0.1) is 0 Å². The van der Waals surface area contributed by atoms with E-state index in [1.54, 1.807) is 29.7 Å². The van der Waals surface area contributed by atoms with Gasteiger partial charge in [-0.1, -0.05) is 24.3 Å². The van der Waals surface area contributed by atoms with Gasteiger partial charge in [0.15, 0.2) is 0 Å². The lowest BCUT2D eigenvalue weighted by molar-refractivity contribution is 0.0529. The molecular weight excluding hydrogens is 395 g/mol. The largest absolute Gasteiger partial charge is 0.462 e. The minimum atomic E-state index is -0.509. The molecule has 0 bridgehead atoms. The molecule has 0 spiro atoms. The summed E-state index contributed by atoms with van der Waals surface area (Å²) < 4.78 is 20.4. The van der Waals surface area contributed by atoms with E-state index >= 15 is 0 Å². The van der Waals surface area contributed by atoms with Gasteiger partial charge < -0.3 is 9.14 Å². The summed E-state index contributed by atoms with van der Waals surface area (Å²) in [5, 5.41) is 1.78. The van der Waals surface area contributed by atoms with E-state index in [0.29, 0.717) is 22.2 Å². The van der Waals surface area contributed by atoms with Crippen molar-refractivity contribution in [1.29, 1.82) is 0 Å². The minimum absolute atomic E-state index is 0.218. The molecule has 0 saturated carbocycles. The fourth-order valence-corrected chi connectivity index (χ4v) is 3.90. The lowest BCUT2D eigenvalue weighted by Gasteiger charge is -2.10. The number of fused-ring (bicyclic) bond motifs is 5. The summed E-state index contributed by atoms with van der Waals surface area (Å²) in [4.78, 5) is 30.6. The number of ketones is 1. The van der Waals surface area contributed by atoms with Gasteiger partial charge in [-0.05, 0) is 49.4 Å². The number of aromatic nitrogens is 2. The monoisotopic (exact) mass is 412 g/mol. The smallest absolute Gasteiger partial charge is 0.340 e. The Morgan fingerprint density at radius 3 is 2.52 bits per heavy atom. The molecule has 0 radical (unpaired) electrons. The van der Waals surface area contributed by atoms with Crippen molar-refractivity contribution in [2.45, 2.75) is 6.92 Å². The third-order valence-electron chi connectivity index (χ3n) is 5.30. The van der Waals surface area contributed by atoms with E-state index in [4.69, 9.17) is 4.74 Å². The second-order valence-corrected chi connectivity index (χ2v) is 7.13. The summed E-state index contributed by atoms with van der Waals surface area (Å²) in [5.74, 6) is -1.26. The SMILES string of the molecule is CCOC(=O)c1cc(C(=O)c2ccc(F)cc2)n2c1ccc1ccc3cccnc3c12. The highest BCUT2D eigenvalue weighted by Gasteiger charge is 2.23. The second-order valence-electron chi connectivity index (χ2n) is 7.13. The predicted octanol–water partition coefficient (Wildman–Crippen LogP) is 5.19. The molecule has 0 aliphatic heterocycles. The van der Waals surface area contributed by atoms with Crippen molar-refractivity contribution in [1.82, 2.24) is 9.38 Å². The maximum Gasteiger partial charge on any atom is 0.340 e. The molecule has 5 aromatic rings. The quantitative estimate of drug-likeness (QED) is 0.232. The first-order chi connectivity index (χ1) is 15.1. The lowest BCUT2D eigenvalue weighted by Crippen LogP contribution is -2.06. The Hall–Kier alpha value is -4.06. The van der Waals surface area contributed by atoms with E-state index in [1.807, 2.05) is 30.3 Å². The van der Waals surface area contributed by atoms with Crippen LogP contribution in [0.1, 0.15) is 33.3 Å². The molecule has 6 heteroatoms. The second kappa shape index (κ2) is 7.32. The number of carbonyl (C=O) groups excluding carboxylic acids is 2. The van der Waals surface area contributed by atoms with Crippen LogP contribution < -0.4 is 0 Å². The number of hydrogen-bond donors (Lipinski definition) is 0. The Balaban J connectivity index is 1.89. The van der Waals surface area contributed by atoms with Crippen LogP contribution in [0.5, 0.6) is 0 Å². The van der Waals surface area contributed by atoms with Crippen LogP contribution in [0.3, 0.4) is 0 Å². The van der Waals surface area contributed by atoms with E-state index < -0.39 is 11.8 Å². The maximum atomic E-state index is 13.4. The normalized spacial score (nSPS) is 11.3. The van der Waals surface area contributed by atoms with Crippen LogP contribution in [-0.2, 0) is 4.74 Å². The summed E-state index contributed by atoms with van der Waals surface area (Å²) in [7, 11) is 0. The molecule has 0 unspecified atom stereocenters. The number of carbonyl (C=O) groups is 2. The number of ether oxygens (including phenoxy) is 1. The average molecular weight is 412 g/mol. The number of esters is 1. The molecule has 0 aliphatic rings. The highest BCUT2D eigenvalue weighted by atomic mass is 19.1. The molecule has 0 aliphatic carbocycles. The molecule has 0 N–H and O–H groups in total. The molecule has 0 saturated heterocycles. The summed E-state index contributed by atoms with van der Waals surface area (Å²) in [5.41, 5.74) is 2.88. The summed E-state index contributed by atoms with van der Waals surface area (Å²) >= 11 is 0. The molecule has 0 atom stereocenters. The fourth-order valence-electron chi connectivity index (χ4n) is 3.90. The van der Waals surface area contributed by atoms with Crippen molar-refractivity contribution in [3.63, 3.8) is 0 Å². The first-order valence-electron chi connectivity index (χ1n) is 9.88. The van der Waals surface area contributed by atoms with Crippen molar-refractivity contribution in [3.8, 4) is 0 Å². The minimum Gasteiger partial charge on any atom is -0.462 e. The van der Waals surface area contributed by atoms with Crippen molar-refractivity contribution in [2.24, 2.45) is 0 Å². The molecule has 5 rings (SSSR count). The molecule has 3 aromatic heterocycles. The van der Waals surface area contributed by atoms with E-state index in [1.165, 1.54) is 24.3 Å². The summed E-state index contributed by atoms with van der Waals surface area (Å²) in [6.07, 6.45) is 1.69. The van der Waals surface area contributed by atoms with Crippen molar-refractivity contribution >= 4 is 39.1 Å². The van der Waals surface area contributed by atoms with Gasteiger partial charge in [-0.2, -0.15) is 0 Å². The Labute approximate surface area is 176 Å². The van der Waals surface area contributed by atoms with Gasteiger partial charge in [0.05, 0.1) is 34.4 Å². The maximum absolute atomic E-state index is 13.4. The molecule has 5 nitrogen and oxygen atoms in total. The topological polar surface area (TPSA) is 60.7 Å². The van der Waals surface area contributed by atoms with Gasteiger partial charge in [-0.25, -0.2) is 9.18 Å². The van der Waals surface area contributed by atoms with Crippen LogP contribution in [0.2, 0.25) is 0 Å². The van der Waals surface area contributed by atoms with Gasteiger partial charge in [0.2, 0.25) is 5.78 Å². The molecule has 3 heterocycles. The zero-order valence-electron chi connectivity index (χ0n) is 16.6. The number of pyridine rings is 2. The van der Waals surface area contributed by atoms with Gasteiger partial charge in [-0.3, -0.25) is 9.78 Å². The zero-order chi connectivity index (χ0) is 21.5. The van der Waals surface area contributed by atoms with Crippen LogP contribution in [0.15, 0.2) is 72.9 Å². The van der Waals surface area contributed by atoms with Gasteiger partial charge >= 0.3 is 5.97 Å². The number of rotatable bonds is 4. The molecule has 152 valence electrons. The highest BCUT2D eigenvalue weighted by molar-refractivity contribution is 6.14. The molecule has 0 fully saturated rings. The lowest BCUT2D eigenvalue weighted by atomic mass is 10.1. The number of halogens is 1. The van der Waals surface area contributed by atoms with E-state index in [2.05, 4.69) is 4.98 Å². The van der Waals surface area contributed by atoms with Crippen molar-refractivity contribution < 1.29 is 18.7 Å². The molecular formula is C25H17FN2O3. The Morgan fingerprint density at radius 2 is 1.74 bits per heavy atom. The van der Waals surface area contributed by atoms with Crippen LogP contribution in [0.25, 0.3) is 27.3 Å². The van der Waals surface area contributed by atoms with Gasteiger partial charge in [0.1, 0.15) is 5.82 Å². The van der Waals surface area contributed by atoms with Crippen LogP contribution >= 0.6 is 0 Å². The summed E-state index contributed by atoms with van der Waals surface area (Å²) in [6, 6.07) is 18.3. The van der Waals surface area contributed by atoms with Gasteiger partial charge in [0.25, 0.3) is 0 Å². The van der Waals surface area contributed by atoms with Crippen LogP contribution in [0, 0.1) is 5.82 Å². The first kappa shape index (κ1) is 18.9. The van der Waals surface area contributed by atoms with Crippen molar-refractivity contribution in [2.75, 3.05) is 6.61 Å². The van der Waals surface area contributed by atoms with Crippen LogP contribution in [-0.4, -0.2) is 27.7 Å². The average Bonchev–Trinajstić information content (AvgIpc) is 3.19. The molecule has 2 aromatic carbocycles. The fraction of sp³-hybridized carbons (Fsp3) is 0.0800. The van der Waals surface area contributed by atoms with Crippen molar-refractivity contribution in [3.05, 3.63) is 95.6 Å². The third kappa shape index (κ3) is 3.04. The Kier molecular flexibility index (Phi) is 4.47. The number of nitrogens with zero attached hydrogens (tertiary/aromatic N) is 2. The molecule has 0 amide bonds. The molecule has 31 heavy (non-hydrogen) atoms. The van der Waals surface area contributed by atoms with E-state index in [9.17, 15) is 14.0 Å². The third-order valence-corrected chi connectivity index (χ3v) is 5.30. The standard InChI is InChI=1S/C25H17FN2O3/c1-2-31-25(30)19-14-21(24(29)17-7-10-18(26)11-8-17)28-20(19)12-9-16-6-5-15-4-3-13-27-22(15)23(16)28/h3-14H,2H2,1H3. The first-order valence-corrected chi connectivity index (χ1v) is 9.88. The van der Waals surface area contributed by atoms with E-state index in [-0.39, 0.29) is 18.1 Å². The number of benzene rings is 2.